The highest BCUT2D eigenvalue weighted by atomic mass is 16.5. The lowest BCUT2D eigenvalue weighted by atomic mass is 10.1. The smallest absolute Gasteiger partial charge is 0.295 e. The third-order valence-corrected chi connectivity index (χ3v) is 1.51. The summed E-state index contributed by atoms with van der Waals surface area (Å²) >= 11 is 0. The van der Waals surface area contributed by atoms with E-state index in [0.29, 0.717) is 5.82 Å². The van der Waals surface area contributed by atoms with E-state index < -0.39 is 0 Å². The van der Waals surface area contributed by atoms with Gasteiger partial charge in [-0.1, -0.05) is 0 Å². The topological polar surface area (TPSA) is 67.0 Å². The number of nitrogens with zero attached hydrogens (tertiary/aromatic N) is 1. The van der Waals surface area contributed by atoms with Gasteiger partial charge in [-0.2, -0.15) is 0 Å². The van der Waals surface area contributed by atoms with Gasteiger partial charge in [-0.25, -0.2) is 4.98 Å². The Balaban J connectivity index is 3.09. The van der Waals surface area contributed by atoms with Crippen LogP contribution in [0, 0.1) is 0 Å². The third-order valence-electron chi connectivity index (χ3n) is 1.51. The molecule has 0 amide bonds. The van der Waals surface area contributed by atoms with E-state index in [0.717, 1.165) is 0 Å². The molecule has 5 heteroatoms. The predicted octanol–water partition coefficient (Wildman–Crippen LogP) is 0.989. The van der Waals surface area contributed by atoms with Crippen LogP contribution in [-0.2, 0) is 0 Å². The molecule has 14 heavy (non-hydrogen) atoms. The number of methoxy groups -OCH3 is 1. The second kappa shape index (κ2) is 3.69. The highest BCUT2D eigenvalue weighted by molar-refractivity contribution is 5.49. The van der Waals surface area contributed by atoms with Crippen molar-refractivity contribution in [2.75, 3.05) is 12.4 Å². The van der Waals surface area contributed by atoms with Gasteiger partial charge in [0.15, 0.2) is 5.82 Å². The number of H-pyrrole nitrogens is 1. The molecule has 0 bridgehead atoms. The molecule has 0 saturated heterocycles. The summed E-state index contributed by atoms with van der Waals surface area (Å²) in [4.78, 5) is 17.7. The second-order valence-corrected chi connectivity index (χ2v) is 3.99. The first-order valence-corrected chi connectivity index (χ1v) is 4.34. The first kappa shape index (κ1) is 10.6. The summed E-state index contributed by atoms with van der Waals surface area (Å²) in [6, 6.07) is 0. The van der Waals surface area contributed by atoms with Crippen molar-refractivity contribution in [1.82, 2.24) is 9.97 Å². The van der Waals surface area contributed by atoms with Gasteiger partial charge in [0.05, 0.1) is 13.4 Å². The van der Waals surface area contributed by atoms with Crippen molar-refractivity contribution in [1.29, 1.82) is 0 Å². The van der Waals surface area contributed by atoms with Crippen LogP contribution in [-0.4, -0.2) is 22.6 Å². The number of nitrogens with one attached hydrogen (secondary N) is 2. The van der Waals surface area contributed by atoms with Crippen LogP contribution in [0.3, 0.4) is 0 Å². The van der Waals surface area contributed by atoms with Crippen molar-refractivity contribution < 1.29 is 4.74 Å². The van der Waals surface area contributed by atoms with Gasteiger partial charge in [-0.15, -0.1) is 0 Å². The lowest BCUT2D eigenvalue weighted by Gasteiger charge is -2.21. The summed E-state index contributed by atoms with van der Waals surface area (Å²) in [6.45, 7) is 5.94. The summed E-state index contributed by atoms with van der Waals surface area (Å²) in [5, 5.41) is 3.09. The van der Waals surface area contributed by atoms with Gasteiger partial charge in [0, 0.05) is 5.54 Å². The minimum Gasteiger partial charge on any atom is -0.489 e. The van der Waals surface area contributed by atoms with Crippen molar-refractivity contribution in [3.8, 4) is 5.75 Å². The number of hydrogen-bond donors (Lipinski definition) is 2. The van der Waals surface area contributed by atoms with Crippen molar-refractivity contribution in [2.24, 2.45) is 0 Å². The fraction of sp³-hybridized carbons (Fsp3) is 0.556. The second-order valence-electron chi connectivity index (χ2n) is 3.99. The number of hydrogen-bond acceptors (Lipinski definition) is 4. The van der Waals surface area contributed by atoms with Crippen molar-refractivity contribution >= 4 is 5.82 Å². The first-order chi connectivity index (χ1) is 6.44. The molecular weight excluding hydrogens is 182 g/mol. The molecule has 1 aromatic rings. The molecule has 1 heterocycles. The monoisotopic (exact) mass is 197 g/mol. The molecule has 0 aliphatic heterocycles. The number of aromatic amines is 1. The highest BCUT2D eigenvalue weighted by Gasteiger charge is 2.15. The number of ether oxygens (including phenoxy) is 1. The average Bonchev–Trinajstić information content (AvgIpc) is 2.01. The summed E-state index contributed by atoms with van der Waals surface area (Å²) in [6.07, 6.45) is 1.35. The molecule has 0 spiro atoms. The van der Waals surface area contributed by atoms with E-state index in [1.54, 1.807) is 0 Å². The fourth-order valence-electron chi connectivity index (χ4n) is 1.02. The molecule has 0 aliphatic rings. The third kappa shape index (κ3) is 2.48. The van der Waals surface area contributed by atoms with E-state index >= 15 is 0 Å². The molecule has 0 unspecified atom stereocenters. The number of anilines is 1. The van der Waals surface area contributed by atoms with Crippen LogP contribution in [0.5, 0.6) is 5.75 Å². The van der Waals surface area contributed by atoms with Crippen molar-refractivity contribution in [3.63, 3.8) is 0 Å². The molecule has 0 radical (unpaired) electrons. The highest BCUT2D eigenvalue weighted by Crippen LogP contribution is 2.18. The number of rotatable bonds is 2. The maximum Gasteiger partial charge on any atom is 0.295 e. The minimum absolute atomic E-state index is 0.159. The van der Waals surface area contributed by atoms with E-state index in [1.165, 1.54) is 13.4 Å². The molecule has 0 aliphatic carbocycles. The molecule has 5 nitrogen and oxygen atoms in total. The first-order valence-electron chi connectivity index (χ1n) is 4.34. The standard InChI is InChI=1S/C9H15N3O2/c1-9(2,3)12-7-6(14-4)8(13)11-5-10-7/h5H,1-4H3,(H2,10,11,12,13). The Morgan fingerprint density at radius 2 is 2.14 bits per heavy atom. The van der Waals surface area contributed by atoms with Crippen LogP contribution in [0.2, 0.25) is 0 Å². The quantitative estimate of drug-likeness (QED) is 0.742. The zero-order valence-corrected chi connectivity index (χ0v) is 8.84. The van der Waals surface area contributed by atoms with Crippen molar-refractivity contribution in [2.45, 2.75) is 26.3 Å². The van der Waals surface area contributed by atoms with E-state index in [-0.39, 0.29) is 16.8 Å². The molecule has 2 N–H and O–H groups in total. The van der Waals surface area contributed by atoms with Crippen LogP contribution in [0.4, 0.5) is 5.82 Å². The average molecular weight is 197 g/mol. The van der Waals surface area contributed by atoms with Gasteiger partial charge in [-0.3, -0.25) is 4.79 Å². The Kier molecular flexibility index (Phi) is 2.78. The molecule has 0 aromatic carbocycles. The Labute approximate surface area is 82.5 Å². The van der Waals surface area contributed by atoms with Gasteiger partial charge in [0.2, 0.25) is 5.75 Å². The Morgan fingerprint density at radius 3 is 2.64 bits per heavy atom. The minimum atomic E-state index is -0.283. The van der Waals surface area contributed by atoms with Gasteiger partial charge < -0.3 is 15.0 Å². The predicted molar refractivity (Wildman–Crippen MR) is 54.8 cm³/mol. The SMILES string of the molecule is COc1c(NC(C)(C)C)nc[nH]c1=O. The normalized spacial score (nSPS) is 11.1. The fourth-order valence-corrected chi connectivity index (χ4v) is 1.02. The van der Waals surface area contributed by atoms with E-state index in [2.05, 4.69) is 15.3 Å². The Bertz CT molecular complexity index is 365. The molecule has 78 valence electrons. The lowest BCUT2D eigenvalue weighted by Crippen LogP contribution is -2.28. The van der Waals surface area contributed by atoms with Gasteiger partial charge in [0.25, 0.3) is 5.56 Å². The summed E-state index contributed by atoms with van der Waals surface area (Å²) in [7, 11) is 1.44. The summed E-state index contributed by atoms with van der Waals surface area (Å²) in [5.41, 5.74) is -0.442. The van der Waals surface area contributed by atoms with E-state index in [9.17, 15) is 4.79 Å². The lowest BCUT2D eigenvalue weighted by molar-refractivity contribution is 0.406. The molecule has 0 saturated carbocycles. The zero-order valence-electron chi connectivity index (χ0n) is 8.84. The zero-order chi connectivity index (χ0) is 10.8. The van der Waals surface area contributed by atoms with Gasteiger partial charge in [0.1, 0.15) is 0 Å². The van der Waals surface area contributed by atoms with Gasteiger partial charge >= 0.3 is 0 Å². The molecule has 1 aromatic heterocycles. The van der Waals surface area contributed by atoms with Gasteiger partial charge in [-0.05, 0) is 20.8 Å². The Hall–Kier alpha value is -1.52. The van der Waals surface area contributed by atoms with Crippen molar-refractivity contribution in [3.05, 3.63) is 16.7 Å². The van der Waals surface area contributed by atoms with E-state index in [4.69, 9.17) is 4.74 Å². The Morgan fingerprint density at radius 1 is 1.50 bits per heavy atom. The summed E-state index contributed by atoms with van der Waals surface area (Å²) in [5.74, 6) is 0.672. The van der Waals surface area contributed by atoms with Crippen LogP contribution in [0.25, 0.3) is 0 Å². The largest absolute Gasteiger partial charge is 0.489 e. The molecule has 1 rings (SSSR count). The number of aromatic nitrogens is 2. The molecule has 0 fully saturated rings. The van der Waals surface area contributed by atoms with E-state index in [1.807, 2.05) is 20.8 Å². The van der Waals surface area contributed by atoms with Crippen LogP contribution < -0.4 is 15.6 Å². The van der Waals surface area contributed by atoms with Crippen LogP contribution in [0.15, 0.2) is 11.1 Å². The maximum atomic E-state index is 11.3. The summed E-state index contributed by atoms with van der Waals surface area (Å²) < 4.78 is 4.95. The molecular formula is C9H15N3O2. The maximum absolute atomic E-state index is 11.3. The van der Waals surface area contributed by atoms with Crippen LogP contribution >= 0.6 is 0 Å². The van der Waals surface area contributed by atoms with Crippen LogP contribution in [0.1, 0.15) is 20.8 Å². The molecule has 0 atom stereocenters.